The SMILES string of the molecule is Cc1cc(C)nc(OC2CCC(NC(=O)c3ccccc3OC(F)(F)F)CC2)n1. The second kappa shape index (κ2) is 8.67. The smallest absolute Gasteiger partial charge is 0.460 e. The highest BCUT2D eigenvalue weighted by molar-refractivity contribution is 5.97. The number of halogens is 3. The number of hydrogen-bond acceptors (Lipinski definition) is 5. The molecule has 0 aliphatic heterocycles. The normalized spacial score (nSPS) is 19.5. The summed E-state index contributed by atoms with van der Waals surface area (Å²) in [5.41, 5.74) is 1.51. The molecule has 156 valence electrons. The molecule has 0 atom stereocenters. The van der Waals surface area contributed by atoms with Crippen LogP contribution in [0.5, 0.6) is 11.8 Å². The van der Waals surface area contributed by atoms with Gasteiger partial charge in [0.2, 0.25) is 0 Å². The first-order chi connectivity index (χ1) is 13.7. The van der Waals surface area contributed by atoms with Gasteiger partial charge in [-0.3, -0.25) is 4.79 Å². The van der Waals surface area contributed by atoms with Gasteiger partial charge < -0.3 is 14.8 Å². The summed E-state index contributed by atoms with van der Waals surface area (Å²) in [6.45, 7) is 3.74. The number of benzene rings is 1. The summed E-state index contributed by atoms with van der Waals surface area (Å²) < 4.78 is 47.4. The van der Waals surface area contributed by atoms with Gasteiger partial charge in [-0.1, -0.05) is 12.1 Å². The van der Waals surface area contributed by atoms with Gasteiger partial charge in [0, 0.05) is 17.4 Å². The molecule has 0 saturated heterocycles. The van der Waals surface area contributed by atoms with E-state index in [0.29, 0.717) is 31.7 Å². The van der Waals surface area contributed by atoms with Crippen LogP contribution in [-0.4, -0.2) is 34.4 Å². The Hall–Kier alpha value is -2.84. The molecule has 2 aromatic rings. The number of carbonyl (C=O) groups excluding carboxylic acids is 1. The summed E-state index contributed by atoms with van der Waals surface area (Å²) in [6.07, 6.45) is -2.27. The average molecular weight is 409 g/mol. The summed E-state index contributed by atoms with van der Waals surface area (Å²) in [5, 5.41) is 2.79. The molecule has 0 unspecified atom stereocenters. The number of ether oxygens (including phenoxy) is 2. The van der Waals surface area contributed by atoms with E-state index >= 15 is 0 Å². The molecule has 1 aromatic carbocycles. The molecule has 1 N–H and O–H groups in total. The third-order valence-electron chi connectivity index (χ3n) is 4.60. The average Bonchev–Trinajstić information content (AvgIpc) is 2.61. The minimum Gasteiger partial charge on any atom is -0.460 e. The number of rotatable bonds is 5. The van der Waals surface area contributed by atoms with Crippen LogP contribution in [0.2, 0.25) is 0 Å². The van der Waals surface area contributed by atoms with E-state index in [1.54, 1.807) is 0 Å². The van der Waals surface area contributed by atoms with Crippen molar-refractivity contribution >= 4 is 5.91 Å². The third-order valence-corrected chi connectivity index (χ3v) is 4.60. The number of carbonyl (C=O) groups is 1. The van der Waals surface area contributed by atoms with Crippen LogP contribution >= 0.6 is 0 Å². The van der Waals surface area contributed by atoms with Crippen molar-refractivity contribution in [2.45, 2.75) is 58.0 Å². The van der Waals surface area contributed by atoms with Crippen LogP contribution in [0.15, 0.2) is 30.3 Å². The number of amides is 1. The molecule has 3 rings (SSSR count). The molecular formula is C20H22F3N3O3. The number of hydrogen-bond donors (Lipinski definition) is 1. The van der Waals surface area contributed by atoms with E-state index in [1.807, 2.05) is 19.9 Å². The van der Waals surface area contributed by atoms with Gasteiger partial charge in [0.15, 0.2) is 0 Å². The Balaban J connectivity index is 1.55. The van der Waals surface area contributed by atoms with Gasteiger partial charge >= 0.3 is 12.4 Å². The van der Waals surface area contributed by atoms with E-state index in [4.69, 9.17) is 4.74 Å². The van der Waals surface area contributed by atoms with Gasteiger partial charge in [0.25, 0.3) is 5.91 Å². The predicted octanol–water partition coefficient (Wildman–Crippen LogP) is 4.11. The zero-order chi connectivity index (χ0) is 21.0. The molecule has 1 fully saturated rings. The lowest BCUT2D eigenvalue weighted by Crippen LogP contribution is -2.40. The van der Waals surface area contributed by atoms with Crippen molar-refractivity contribution in [3.05, 3.63) is 47.3 Å². The standard InChI is InChI=1S/C20H22F3N3O3/c1-12-11-13(2)25-19(24-12)28-15-9-7-14(8-10-15)26-18(27)16-5-3-4-6-17(16)29-20(21,22)23/h3-6,11,14-15H,7-10H2,1-2H3,(H,26,27). The molecule has 1 saturated carbocycles. The van der Waals surface area contributed by atoms with E-state index in [1.165, 1.54) is 18.2 Å². The topological polar surface area (TPSA) is 73.3 Å². The Labute approximate surface area is 166 Å². The number of nitrogens with zero attached hydrogens (tertiary/aromatic N) is 2. The molecule has 0 bridgehead atoms. The van der Waals surface area contributed by atoms with Gasteiger partial charge in [-0.2, -0.15) is 0 Å². The second-order valence-electron chi connectivity index (χ2n) is 7.04. The summed E-state index contributed by atoms with van der Waals surface area (Å²) in [7, 11) is 0. The quantitative estimate of drug-likeness (QED) is 0.805. The molecule has 1 aliphatic rings. The number of nitrogens with one attached hydrogen (secondary N) is 1. The van der Waals surface area contributed by atoms with Crippen molar-refractivity contribution in [3.63, 3.8) is 0 Å². The molecule has 0 spiro atoms. The van der Waals surface area contributed by atoms with Crippen molar-refractivity contribution < 1.29 is 27.4 Å². The predicted molar refractivity (Wildman–Crippen MR) is 98.8 cm³/mol. The van der Waals surface area contributed by atoms with E-state index < -0.39 is 18.0 Å². The lowest BCUT2D eigenvalue weighted by atomic mass is 9.92. The Morgan fingerprint density at radius 3 is 2.31 bits per heavy atom. The first-order valence-corrected chi connectivity index (χ1v) is 9.34. The van der Waals surface area contributed by atoms with Crippen molar-refractivity contribution in [2.75, 3.05) is 0 Å². The Morgan fingerprint density at radius 1 is 1.07 bits per heavy atom. The molecule has 1 aliphatic carbocycles. The highest BCUT2D eigenvalue weighted by Gasteiger charge is 2.33. The Kier molecular flexibility index (Phi) is 6.24. The maximum atomic E-state index is 12.5. The summed E-state index contributed by atoms with van der Waals surface area (Å²) in [4.78, 5) is 21.0. The monoisotopic (exact) mass is 409 g/mol. The van der Waals surface area contributed by atoms with Gasteiger partial charge in [0.1, 0.15) is 11.9 Å². The summed E-state index contributed by atoms with van der Waals surface area (Å²) in [6, 6.07) is 7.36. The fourth-order valence-electron chi connectivity index (χ4n) is 3.35. The van der Waals surface area contributed by atoms with Gasteiger partial charge in [0.05, 0.1) is 5.56 Å². The maximum absolute atomic E-state index is 12.5. The molecule has 1 heterocycles. The van der Waals surface area contributed by atoms with Gasteiger partial charge in [-0.25, -0.2) is 9.97 Å². The Morgan fingerprint density at radius 2 is 1.69 bits per heavy atom. The van der Waals surface area contributed by atoms with Crippen LogP contribution in [0.1, 0.15) is 47.4 Å². The molecule has 6 nitrogen and oxygen atoms in total. The van der Waals surface area contributed by atoms with E-state index in [9.17, 15) is 18.0 Å². The largest absolute Gasteiger partial charge is 0.573 e. The molecular weight excluding hydrogens is 387 g/mol. The first kappa shape index (κ1) is 20.9. The van der Waals surface area contributed by atoms with E-state index in [0.717, 1.165) is 17.5 Å². The molecule has 9 heteroatoms. The first-order valence-electron chi connectivity index (χ1n) is 9.34. The molecule has 1 aromatic heterocycles. The van der Waals surface area contributed by atoms with Crippen molar-refractivity contribution in [2.24, 2.45) is 0 Å². The highest BCUT2D eigenvalue weighted by atomic mass is 19.4. The van der Waals surface area contributed by atoms with Crippen LogP contribution in [-0.2, 0) is 0 Å². The second-order valence-corrected chi connectivity index (χ2v) is 7.04. The lowest BCUT2D eigenvalue weighted by molar-refractivity contribution is -0.274. The number of alkyl halides is 3. The van der Waals surface area contributed by atoms with Crippen LogP contribution in [0.25, 0.3) is 0 Å². The minimum atomic E-state index is -4.86. The lowest BCUT2D eigenvalue weighted by Gasteiger charge is -2.29. The molecule has 1 amide bonds. The van der Waals surface area contributed by atoms with Crippen LogP contribution in [0.3, 0.4) is 0 Å². The van der Waals surface area contributed by atoms with E-state index in [-0.39, 0.29) is 17.7 Å². The number of aryl methyl sites for hydroxylation is 2. The van der Waals surface area contributed by atoms with E-state index in [2.05, 4.69) is 20.0 Å². The number of para-hydroxylation sites is 1. The maximum Gasteiger partial charge on any atom is 0.573 e. The zero-order valence-electron chi connectivity index (χ0n) is 16.1. The van der Waals surface area contributed by atoms with Crippen LogP contribution < -0.4 is 14.8 Å². The molecule has 29 heavy (non-hydrogen) atoms. The zero-order valence-corrected chi connectivity index (χ0v) is 16.1. The van der Waals surface area contributed by atoms with Crippen LogP contribution in [0.4, 0.5) is 13.2 Å². The highest BCUT2D eigenvalue weighted by Crippen LogP contribution is 2.27. The minimum absolute atomic E-state index is 0.0646. The van der Waals surface area contributed by atoms with Crippen molar-refractivity contribution in [1.82, 2.24) is 15.3 Å². The fraction of sp³-hybridized carbons (Fsp3) is 0.450. The summed E-state index contributed by atoms with van der Waals surface area (Å²) >= 11 is 0. The third kappa shape index (κ3) is 6.07. The van der Waals surface area contributed by atoms with Crippen molar-refractivity contribution in [3.8, 4) is 11.8 Å². The van der Waals surface area contributed by atoms with Gasteiger partial charge in [-0.05, 0) is 57.7 Å². The number of aromatic nitrogens is 2. The molecule has 0 radical (unpaired) electrons. The fourth-order valence-corrected chi connectivity index (χ4v) is 3.35. The Bertz CT molecular complexity index is 845. The summed E-state index contributed by atoms with van der Waals surface area (Å²) in [5.74, 6) is -1.10. The van der Waals surface area contributed by atoms with Crippen LogP contribution in [0, 0.1) is 13.8 Å². The van der Waals surface area contributed by atoms with Gasteiger partial charge in [-0.15, -0.1) is 13.2 Å². The van der Waals surface area contributed by atoms with Crippen molar-refractivity contribution in [1.29, 1.82) is 0 Å².